The predicted octanol–water partition coefficient (Wildman–Crippen LogP) is 6.74. The maximum absolute atomic E-state index is 5.84. The van der Waals surface area contributed by atoms with Crippen molar-refractivity contribution in [2.24, 2.45) is 0 Å². The fourth-order valence-corrected chi connectivity index (χ4v) is 3.32. The summed E-state index contributed by atoms with van der Waals surface area (Å²) in [6.07, 6.45) is 0.810. The first-order valence-electron chi connectivity index (χ1n) is 10.2. The van der Waals surface area contributed by atoms with Gasteiger partial charge in [0.15, 0.2) is 25.2 Å². The molecule has 2 aliphatic heterocycles. The van der Waals surface area contributed by atoms with Crippen molar-refractivity contribution in [1.82, 2.24) is 0 Å². The Hall–Kier alpha value is -1.50. The molecule has 201 valence electrons. The van der Waals surface area contributed by atoms with Crippen molar-refractivity contribution < 1.29 is 47.9 Å². The first kappa shape index (κ1) is 35.7. The van der Waals surface area contributed by atoms with Crippen LogP contribution in [-0.2, 0) is 44.8 Å². The summed E-state index contributed by atoms with van der Waals surface area (Å²) in [6.45, 7) is 11.5. The molecule has 0 saturated carbocycles. The van der Waals surface area contributed by atoms with Crippen molar-refractivity contribution in [3.63, 3.8) is 0 Å². The molecule has 7 heteroatoms. The summed E-state index contributed by atoms with van der Waals surface area (Å²) >= 11 is 0. The van der Waals surface area contributed by atoms with Gasteiger partial charge in [0.05, 0.1) is 0 Å². The molecule has 4 rings (SSSR count). The van der Waals surface area contributed by atoms with Crippen LogP contribution >= 0.6 is 0 Å². The van der Waals surface area contributed by atoms with Crippen LogP contribution in [0.1, 0.15) is 71.4 Å². The zero-order chi connectivity index (χ0) is 21.4. The third kappa shape index (κ3) is 9.82. The SMILES string of the molecule is C.C.C.C.Cc1cc(Cc2cc(C)c(OCOC3(C)CO3)c(C)c2)c[c-]c1OCOC1(C)CO1.[Ru+]. The van der Waals surface area contributed by atoms with Crippen molar-refractivity contribution in [2.45, 2.75) is 82.3 Å². The minimum absolute atomic E-state index is 0. The number of benzene rings is 2. The molecule has 2 aliphatic rings. The Kier molecular flexibility index (Phi) is 14.6. The van der Waals surface area contributed by atoms with Crippen molar-refractivity contribution in [3.05, 3.63) is 58.1 Å². The van der Waals surface area contributed by atoms with Gasteiger partial charge in [0.1, 0.15) is 19.0 Å². The Morgan fingerprint density at radius 3 is 1.69 bits per heavy atom. The number of aryl methyl sites for hydroxylation is 3. The van der Waals surface area contributed by atoms with Gasteiger partial charge in [0.25, 0.3) is 0 Å². The van der Waals surface area contributed by atoms with E-state index in [0.29, 0.717) is 19.0 Å². The van der Waals surface area contributed by atoms with Crippen LogP contribution in [0.5, 0.6) is 11.5 Å². The van der Waals surface area contributed by atoms with Gasteiger partial charge in [0, 0.05) is 5.75 Å². The summed E-state index contributed by atoms with van der Waals surface area (Å²) in [5.41, 5.74) is 5.60. The van der Waals surface area contributed by atoms with Crippen LogP contribution in [0.2, 0.25) is 0 Å². The van der Waals surface area contributed by atoms with Crippen LogP contribution in [0.3, 0.4) is 0 Å². The van der Waals surface area contributed by atoms with Crippen molar-refractivity contribution in [2.75, 3.05) is 26.8 Å². The first-order chi connectivity index (χ1) is 14.3. The molecular formula is C28H45O6Ru. The minimum Gasteiger partial charge on any atom is -0.493 e. The Balaban J connectivity index is 0. The van der Waals surface area contributed by atoms with Crippen molar-refractivity contribution in [1.29, 1.82) is 0 Å². The van der Waals surface area contributed by atoms with E-state index in [0.717, 1.165) is 28.9 Å². The van der Waals surface area contributed by atoms with E-state index in [1.165, 1.54) is 11.1 Å². The summed E-state index contributed by atoms with van der Waals surface area (Å²) in [7, 11) is 0. The Morgan fingerprint density at radius 1 is 0.771 bits per heavy atom. The Bertz CT molecular complexity index is 899. The molecule has 2 unspecified atom stereocenters. The van der Waals surface area contributed by atoms with E-state index in [2.05, 4.69) is 38.1 Å². The normalized spacial score (nSPS) is 21.1. The second kappa shape index (κ2) is 14.3. The molecule has 2 saturated heterocycles. The van der Waals surface area contributed by atoms with Crippen LogP contribution in [0.4, 0.5) is 0 Å². The van der Waals surface area contributed by atoms with Gasteiger partial charge in [-0.15, -0.1) is 11.6 Å². The van der Waals surface area contributed by atoms with Crippen LogP contribution in [0, 0.1) is 26.8 Å². The van der Waals surface area contributed by atoms with Crippen LogP contribution in [0.25, 0.3) is 0 Å². The van der Waals surface area contributed by atoms with E-state index in [1.807, 2.05) is 26.8 Å². The summed E-state index contributed by atoms with van der Waals surface area (Å²) in [6, 6.07) is 11.6. The minimum atomic E-state index is -0.477. The Labute approximate surface area is 226 Å². The quantitative estimate of drug-likeness (QED) is 0.135. The fourth-order valence-electron chi connectivity index (χ4n) is 3.32. The molecule has 2 aromatic carbocycles. The molecule has 0 aliphatic carbocycles. The number of rotatable bonds is 10. The monoisotopic (exact) mass is 579 g/mol. The zero-order valence-corrected chi connectivity index (χ0v) is 20.4. The fraction of sp³-hybridized carbons (Fsp3) is 0.571. The van der Waals surface area contributed by atoms with E-state index in [9.17, 15) is 0 Å². The summed E-state index contributed by atoms with van der Waals surface area (Å²) in [5.74, 6) is 0.618. The first-order valence-corrected chi connectivity index (χ1v) is 10.2. The molecule has 0 N–H and O–H groups in total. The van der Waals surface area contributed by atoms with Gasteiger partial charge in [-0.1, -0.05) is 54.3 Å². The standard InChI is InChI=1S/C24H29O6.4CH4.Ru/c1-16-8-19(6-7-21(16)25-14-29-23(4)12-27-23)11-20-9-17(2)22(18(3)10-20)26-15-30-24(5)13-28-24;;;;;/h6,8-10H,11-15H2,1-5H3;4*1H4;/q-1;;;;;+1. The molecule has 0 amide bonds. The van der Waals surface area contributed by atoms with Crippen molar-refractivity contribution in [3.8, 4) is 11.5 Å². The number of epoxide rings is 2. The van der Waals surface area contributed by atoms with Gasteiger partial charge in [0.2, 0.25) is 0 Å². The number of hydrogen-bond acceptors (Lipinski definition) is 6. The maximum atomic E-state index is 5.84. The maximum Gasteiger partial charge on any atom is 1.00 e. The molecule has 2 atom stereocenters. The molecule has 0 aromatic heterocycles. The molecule has 2 aromatic rings. The molecule has 0 bridgehead atoms. The second-order valence-corrected chi connectivity index (χ2v) is 8.41. The summed E-state index contributed by atoms with van der Waals surface area (Å²) in [4.78, 5) is 0. The molecule has 6 nitrogen and oxygen atoms in total. The molecule has 2 fully saturated rings. The van der Waals surface area contributed by atoms with Gasteiger partial charge in [-0.25, -0.2) is 0 Å². The third-order valence-corrected chi connectivity index (χ3v) is 5.31. The number of hydrogen-bond donors (Lipinski definition) is 0. The van der Waals surface area contributed by atoms with Gasteiger partial charge in [-0.2, -0.15) is 17.7 Å². The zero-order valence-electron chi connectivity index (χ0n) is 18.6. The van der Waals surface area contributed by atoms with Gasteiger partial charge >= 0.3 is 19.5 Å². The topological polar surface area (TPSA) is 62.0 Å². The van der Waals surface area contributed by atoms with E-state index >= 15 is 0 Å². The number of ether oxygens (including phenoxy) is 6. The largest absolute Gasteiger partial charge is 1.00 e. The van der Waals surface area contributed by atoms with Gasteiger partial charge in [-0.05, 0) is 45.2 Å². The smallest absolute Gasteiger partial charge is 0.493 e. The average molecular weight is 579 g/mol. The van der Waals surface area contributed by atoms with E-state index in [-0.39, 0.29) is 62.8 Å². The Morgan fingerprint density at radius 2 is 1.23 bits per heavy atom. The summed E-state index contributed by atoms with van der Waals surface area (Å²) in [5, 5.41) is 0. The molecule has 2 heterocycles. The van der Waals surface area contributed by atoms with Crippen LogP contribution in [0.15, 0.2) is 24.3 Å². The average Bonchev–Trinajstić information content (AvgIpc) is 3.59. The van der Waals surface area contributed by atoms with E-state index in [1.54, 1.807) is 0 Å². The van der Waals surface area contributed by atoms with Crippen LogP contribution < -0.4 is 9.47 Å². The van der Waals surface area contributed by atoms with E-state index < -0.39 is 11.6 Å². The van der Waals surface area contributed by atoms with Crippen LogP contribution in [-0.4, -0.2) is 38.4 Å². The molecular weight excluding hydrogens is 533 g/mol. The second-order valence-electron chi connectivity index (χ2n) is 8.41. The predicted molar refractivity (Wildman–Crippen MR) is 138 cm³/mol. The van der Waals surface area contributed by atoms with Gasteiger partial charge < -0.3 is 28.4 Å². The molecule has 35 heavy (non-hydrogen) atoms. The van der Waals surface area contributed by atoms with Crippen molar-refractivity contribution >= 4 is 0 Å². The van der Waals surface area contributed by atoms with E-state index in [4.69, 9.17) is 28.4 Å². The van der Waals surface area contributed by atoms with Gasteiger partial charge in [-0.3, -0.25) is 0 Å². The molecule has 0 spiro atoms. The molecule has 1 radical (unpaired) electrons. The summed E-state index contributed by atoms with van der Waals surface area (Å²) < 4.78 is 33.0. The third-order valence-electron chi connectivity index (χ3n) is 5.31.